The molecule has 0 aliphatic carbocycles. The summed E-state index contributed by atoms with van der Waals surface area (Å²) in [5.74, 6) is 2.61. The molecule has 1 saturated heterocycles. The van der Waals surface area contributed by atoms with Gasteiger partial charge in [0, 0.05) is 48.7 Å². The van der Waals surface area contributed by atoms with Crippen molar-refractivity contribution in [3.8, 4) is 22.6 Å². The molecule has 0 amide bonds. The lowest BCUT2D eigenvalue weighted by molar-refractivity contribution is 0.122. The Hall–Kier alpha value is -4.24. The number of aromatic amines is 1. The predicted molar refractivity (Wildman–Crippen MR) is 130 cm³/mol. The second-order valence-corrected chi connectivity index (χ2v) is 8.20. The predicted octanol–water partition coefficient (Wildman–Crippen LogP) is 4.56. The summed E-state index contributed by atoms with van der Waals surface area (Å²) in [6.07, 6.45) is 3.51. The first kappa shape index (κ1) is 20.4. The van der Waals surface area contributed by atoms with E-state index in [0.29, 0.717) is 36.3 Å². The molecule has 9 heteroatoms. The Morgan fingerprint density at radius 2 is 1.88 bits per heavy atom. The minimum atomic E-state index is 0.465. The summed E-state index contributed by atoms with van der Waals surface area (Å²) < 4.78 is 11.8. The highest BCUT2D eigenvalue weighted by atomic mass is 16.5. The molecule has 4 aromatic heterocycles. The van der Waals surface area contributed by atoms with Crippen molar-refractivity contribution < 1.29 is 9.15 Å². The first-order valence-corrected chi connectivity index (χ1v) is 11.2. The van der Waals surface area contributed by atoms with Crippen LogP contribution in [-0.4, -0.2) is 51.5 Å². The summed E-state index contributed by atoms with van der Waals surface area (Å²) in [4.78, 5) is 15.9. The molecule has 0 saturated carbocycles. The number of rotatable bonds is 5. The molecule has 1 aliphatic rings. The summed E-state index contributed by atoms with van der Waals surface area (Å²) in [5.41, 5.74) is 5.34. The van der Waals surface area contributed by atoms with Crippen LogP contribution in [0.15, 0.2) is 65.3 Å². The van der Waals surface area contributed by atoms with Gasteiger partial charge in [0.2, 0.25) is 5.95 Å². The van der Waals surface area contributed by atoms with Gasteiger partial charge in [-0.3, -0.25) is 10.1 Å². The maximum atomic E-state index is 6.22. The highest BCUT2D eigenvalue weighted by Gasteiger charge is 2.22. The lowest BCUT2D eigenvalue weighted by Crippen LogP contribution is -2.37. The van der Waals surface area contributed by atoms with E-state index in [1.165, 1.54) is 5.56 Å². The highest BCUT2D eigenvalue weighted by molar-refractivity contribution is 5.89. The molecule has 34 heavy (non-hydrogen) atoms. The second kappa shape index (κ2) is 8.60. The Labute approximate surface area is 195 Å². The lowest BCUT2D eigenvalue weighted by atomic mass is 10.1. The molecule has 5 aromatic rings. The average Bonchev–Trinajstić information content (AvgIpc) is 3.52. The lowest BCUT2D eigenvalue weighted by Gasteiger charge is -2.27. The Kier molecular flexibility index (Phi) is 5.15. The molecule has 6 rings (SSSR count). The monoisotopic (exact) mass is 453 g/mol. The van der Waals surface area contributed by atoms with E-state index in [1.807, 2.05) is 36.4 Å². The third-order valence-electron chi connectivity index (χ3n) is 5.75. The van der Waals surface area contributed by atoms with Crippen LogP contribution in [0.4, 0.5) is 17.6 Å². The van der Waals surface area contributed by atoms with Crippen molar-refractivity contribution in [1.82, 2.24) is 25.1 Å². The number of benzene rings is 1. The van der Waals surface area contributed by atoms with Crippen molar-refractivity contribution in [2.24, 2.45) is 0 Å². The Morgan fingerprint density at radius 1 is 1.00 bits per heavy atom. The van der Waals surface area contributed by atoms with E-state index in [-0.39, 0.29) is 0 Å². The molecule has 9 nitrogen and oxygen atoms in total. The van der Waals surface area contributed by atoms with Gasteiger partial charge in [-0.15, -0.1) is 0 Å². The molecule has 0 bridgehead atoms. The van der Waals surface area contributed by atoms with E-state index in [4.69, 9.17) is 19.1 Å². The van der Waals surface area contributed by atoms with E-state index >= 15 is 0 Å². The fourth-order valence-corrected chi connectivity index (χ4v) is 4.07. The Morgan fingerprint density at radius 3 is 2.71 bits per heavy atom. The minimum absolute atomic E-state index is 0.465. The summed E-state index contributed by atoms with van der Waals surface area (Å²) in [6.45, 7) is 4.82. The van der Waals surface area contributed by atoms with Gasteiger partial charge in [0.15, 0.2) is 11.4 Å². The summed E-state index contributed by atoms with van der Waals surface area (Å²) in [5, 5.41) is 10.8. The summed E-state index contributed by atoms with van der Waals surface area (Å²) in [6, 6.07) is 16.0. The van der Waals surface area contributed by atoms with Gasteiger partial charge in [-0.05, 0) is 25.1 Å². The quantitative estimate of drug-likeness (QED) is 0.399. The molecule has 2 N–H and O–H groups in total. The molecule has 1 aromatic carbocycles. The number of hydrogen-bond donors (Lipinski definition) is 2. The maximum absolute atomic E-state index is 6.22. The molecule has 0 unspecified atom stereocenters. The number of fused-ring (bicyclic) bond motifs is 1. The van der Waals surface area contributed by atoms with Gasteiger partial charge in [0.05, 0.1) is 18.9 Å². The number of anilines is 3. The zero-order chi connectivity index (χ0) is 22.9. The van der Waals surface area contributed by atoms with Crippen molar-refractivity contribution in [3.63, 3.8) is 0 Å². The molecular formula is C25H23N7O2. The normalized spacial score (nSPS) is 14.0. The molecule has 1 fully saturated rings. The van der Waals surface area contributed by atoms with Crippen molar-refractivity contribution in [2.75, 3.05) is 36.5 Å². The molecule has 0 atom stereocenters. The maximum Gasteiger partial charge on any atom is 0.231 e. The number of H-pyrrole nitrogens is 1. The fourth-order valence-electron chi connectivity index (χ4n) is 4.07. The zero-order valence-electron chi connectivity index (χ0n) is 18.7. The van der Waals surface area contributed by atoms with E-state index in [9.17, 15) is 0 Å². The van der Waals surface area contributed by atoms with Gasteiger partial charge in [-0.1, -0.05) is 23.8 Å². The highest BCUT2D eigenvalue weighted by Crippen LogP contribution is 2.33. The van der Waals surface area contributed by atoms with E-state index < -0.39 is 0 Å². The third-order valence-corrected chi connectivity index (χ3v) is 5.75. The zero-order valence-corrected chi connectivity index (χ0v) is 18.7. The van der Waals surface area contributed by atoms with Gasteiger partial charge >= 0.3 is 0 Å². The average molecular weight is 454 g/mol. The topological polar surface area (TPSA) is 105 Å². The van der Waals surface area contributed by atoms with Crippen LogP contribution in [0, 0.1) is 6.92 Å². The van der Waals surface area contributed by atoms with Crippen LogP contribution in [-0.2, 0) is 4.74 Å². The number of aromatic nitrogens is 5. The van der Waals surface area contributed by atoms with Crippen LogP contribution in [0.5, 0.6) is 0 Å². The van der Waals surface area contributed by atoms with Crippen LogP contribution in [0.2, 0.25) is 0 Å². The summed E-state index contributed by atoms with van der Waals surface area (Å²) >= 11 is 0. The van der Waals surface area contributed by atoms with Gasteiger partial charge in [-0.2, -0.15) is 10.1 Å². The summed E-state index contributed by atoms with van der Waals surface area (Å²) in [7, 11) is 0. The van der Waals surface area contributed by atoms with Crippen LogP contribution >= 0.6 is 0 Å². The number of ether oxygens (including phenoxy) is 1. The number of morpholine rings is 1. The van der Waals surface area contributed by atoms with Crippen molar-refractivity contribution in [1.29, 1.82) is 0 Å². The first-order valence-electron chi connectivity index (χ1n) is 11.2. The van der Waals surface area contributed by atoms with Crippen LogP contribution in [0.3, 0.4) is 0 Å². The van der Waals surface area contributed by atoms with Crippen molar-refractivity contribution >= 4 is 28.7 Å². The van der Waals surface area contributed by atoms with Crippen LogP contribution in [0.25, 0.3) is 33.7 Å². The van der Waals surface area contributed by atoms with Crippen molar-refractivity contribution in [2.45, 2.75) is 6.92 Å². The van der Waals surface area contributed by atoms with Crippen LogP contribution < -0.4 is 10.2 Å². The van der Waals surface area contributed by atoms with Gasteiger partial charge in [0.1, 0.15) is 17.1 Å². The van der Waals surface area contributed by atoms with Crippen molar-refractivity contribution in [3.05, 3.63) is 66.5 Å². The SMILES string of the molecule is Cc1cccc(-c2cc(Nc3nc(N4CCOCC4)c4oc(-c5cccnc5)cc4n3)[nH]n2)c1. The molecule has 1 aliphatic heterocycles. The van der Waals surface area contributed by atoms with E-state index in [1.54, 1.807) is 12.4 Å². The molecule has 0 radical (unpaired) electrons. The molecular weight excluding hydrogens is 430 g/mol. The largest absolute Gasteiger partial charge is 0.450 e. The molecule has 170 valence electrons. The minimum Gasteiger partial charge on any atom is -0.450 e. The molecule has 0 spiro atoms. The first-order chi connectivity index (χ1) is 16.7. The number of furan rings is 1. The number of nitrogens with zero attached hydrogens (tertiary/aromatic N) is 5. The number of nitrogens with one attached hydrogen (secondary N) is 2. The van der Waals surface area contributed by atoms with Gasteiger partial charge in [-0.25, -0.2) is 4.98 Å². The standard InChI is InChI=1S/C25H23N7O2/c1-16-4-2-5-17(12-16)19-14-22(31-30-19)28-25-27-20-13-21(18-6-3-7-26-15-18)34-23(20)24(29-25)32-8-10-33-11-9-32/h2-7,12-15H,8-11H2,1H3,(H2,27,28,29,30,31). The fraction of sp³-hybridized carbons (Fsp3) is 0.200. The van der Waals surface area contributed by atoms with E-state index in [2.05, 4.69) is 44.5 Å². The van der Waals surface area contributed by atoms with Gasteiger partial charge in [0.25, 0.3) is 0 Å². The number of hydrogen-bond acceptors (Lipinski definition) is 8. The smallest absolute Gasteiger partial charge is 0.231 e. The van der Waals surface area contributed by atoms with Crippen LogP contribution in [0.1, 0.15) is 5.56 Å². The second-order valence-electron chi connectivity index (χ2n) is 8.20. The number of aryl methyl sites for hydroxylation is 1. The Bertz CT molecular complexity index is 1440. The third kappa shape index (κ3) is 3.97. The van der Waals surface area contributed by atoms with E-state index in [0.717, 1.165) is 41.2 Å². The Balaban J connectivity index is 1.38. The number of pyridine rings is 1. The molecule has 5 heterocycles. The van der Waals surface area contributed by atoms with Gasteiger partial charge < -0.3 is 19.4 Å².